The van der Waals surface area contributed by atoms with Gasteiger partial charge in [0.2, 0.25) is 0 Å². The van der Waals surface area contributed by atoms with E-state index in [4.69, 9.17) is 0 Å². The van der Waals surface area contributed by atoms with E-state index in [-0.39, 0.29) is 5.48 Å². The molecule has 0 atom stereocenters. The Morgan fingerprint density at radius 2 is 0.938 bits per heavy atom. The molecule has 2 rings (SSSR count). The van der Waals surface area contributed by atoms with Crippen LogP contribution in [0.25, 0.3) is 0 Å². The van der Waals surface area contributed by atoms with Crippen molar-refractivity contribution in [3.63, 3.8) is 0 Å². The minimum Gasteiger partial charge on any atom is -0.412 e. The molecular weight excluding hydrogens is 215 g/mol. The van der Waals surface area contributed by atoms with Gasteiger partial charge in [0.15, 0.2) is 0 Å². The monoisotopic (exact) mass is 231 g/mol. The third-order valence-electron chi connectivity index (χ3n) is 2.33. The summed E-state index contributed by atoms with van der Waals surface area (Å²) >= 11 is 0. The van der Waals surface area contributed by atoms with E-state index in [9.17, 15) is 0 Å². The molecule has 0 aliphatic heterocycles. The number of rotatable bonds is 2. The number of hydrogen-bond acceptors (Lipinski definition) is 0. The number of benzene rings is 2. The molecule has 0 aromatic heterocycles. The highest BCUT2D eigenvalue weighted by Crippen LogP contribution is 2.11. The summed E-state index contributed by atoms with van der Waals surface area (Å²) in [4.78, 5) is 0. The maximum absolute atomic E-state index is 2.19. The van der Waals surface area contributed by atoms with Crippen molar-refractivity contribution in [2.75, 3.05) is 0 Å². The molecule has 1 nitrogen and oxygen atoms in total. The third kappa shape index (κ3) is 3.44. The molecule has 2 aromatic rings. The Labute approximate surface area is 98.6 Å². The Hall–Kier alpha value is -1.17. The highest BCUT2D eigenvalue weighted by atomic mass is 31.1. The third-order valence-corrected chi connectivity index (χ3v) is 3.44. The fourth-order valence-electron chi connectivity index (χ4n) is 1.39. The fourth-order valence-corrected chi connectivity index (χ4v) is 2.28. The van der Waals surface area contributed by atoms with Gasteiger partial charge in [0, 0.05) is 0 Å². The van der Waals surface area contributed by atoms with Gasteiger partial charge in [-0.3, -0.25) is 0 Å². The summed E-state index contributed by atoms with van der Waals surface area (Å²) in [6.07, 6.45) is 0. The van der Waals surface area contributed by atoms with Gasteiger partial charge in [-0.15, -0.1) is 0 Å². The minimum absolute atomic E-state index is 0. The van der Waals surface area contributed by atoms with Gasteiger partial charge in [-0.2, -0.15) is 0 Å². The normalized spacial score (nSPS) is 9.62. The van der Waals surface area contributed by atoms with Crippen LogP contribution >= 0.6 is 8.58 Å². The molecule has 0 aliphatic rings. The molecule has 0 saturated carbocycles. The van der Waals surface area contributed by atoms with E-state index < -0.39 is 0 Å². The van der Waals surface area contributed by atoms with Gasteiger partial charge in [0.1, 0.15) is 0 Å². The predicted molar refractivity (Wildman–Crippen MR) is 72.2 cm³/mol. The van der Waals surface area contributed by atoms with Crippen LogP contribution in [0, 0.1) is 13.8 Å². The van der Waals surface area contributed by atoms with Crippen molar-refractivity contribution in [3.05, 3.63) is 59.7 Å². The van der Waals surface area contributed by atoms with Crippen LogP contribution in [-0.2, 0) is 0 Å². The van der Waals surface area contributed by atoms with Crippen LogP contribution in [0.3, 0.4) is 0 Å². The zero-order valence-corrected chi connectivity index (χ0v) is 10.5. The molecule has 2 heteroatoms. The summed E-state index contributed by atoms with van der Waals surface area (Å²) in [7, 11) is 1.29. The maximum atomic E-state index is 2.19. The van der Waals surface area contributed by atoms with E-state index in [2.05, 4.69) is 62.4 Å². The smallest absolute Gasteiger partial charge is 0.0100 e. The standard InChI is InChI=1S/C14H14P.H2O/c1-11-3-7-13(8-4-11)15-14-9-5-12(2)6-10-14;/h3-10H,1-2H3;1H2. The average molecular weight is 231 g/mol. The van der Waals surface area contributed by atoms with Crippen LogP contribution in [0.1, 0.15) is 11.1 Å². The highest BCUT2D eigenvalue weighted by Gasteiger charge is 1.96. The molecule has 0 unspecified atom stereocenters. The molecule has 0 saturated heterocycles. The lowest BCUT2D eigenvalue weighted by atomic mass is 10.2. The first-order chi connectivity index (χ1) is 7.24. The summed E-state index contributed by atoms with van der Waals surface area (Å²) in [5.41, 5.74) is 2.63. The Balaban J connectivity index is 0.00000128. The summed E-state index contributed by atoms with van der Waals surface area (Å²) in [6.45, 7) is 4.24. The molecule has 0 bridgehead atoms. The molecule has 16 heavy (non-hydrogen) atoms. The Morgan fingerprint density at radius 1 is 0.625 bits per heavy atom. The summed E-state index contributed by atoms with van der Waals surface area (Å²) in [5.74, 6) is 0. The average Bonchev–Trinajstić information content (AvgIpc) is 2.25. The second-order valence-corrected chi connectivity index (χ2v) is 5.04. The van der Waals surface area contributed by atoms with E-state index in [0.29, 0.717) is 0 Å². The van der Waals surface area contributed by atoms with Crippen molar-refractivity contribution >= 4 is 19.2 Å². The first-order valence-electron chi connectivity index (χ1n) is 5.09. The number of hydrogen-bond donors (Lipinski definition) is 0. The van der Waals surface area contributed by atoms with E-state index in [0.717, 1.165) is 0 Å². The zero-order chi connectivity index (χ0) is 10.7. The van der Waals surface area contributed by atoms with Crippen molar-refractivity contribution in [1.82, 2.24) is 0 Å². The van der Waals surface area contributed by atoms with Crippen LogP contribution in [0.2, 0.25) is 0 Å². The van der Waals surface area contributed by atoms with Crippen LogP contribution in [0.5, 0.6) is 0 Å². The molecule has 0 fully saturated rings. The summed E-state index contributed by atoms with van der Waals surface area (Å²) < 4.78 is 0. The maximum Gasteiger partial charge on any atom is -0.0100 e. The second kappa shape index (κ2) is 5.79. The predicted octanol–water partition coefficient (Wildman–Crippen LogP) is 2.38. The van der Waals surface area contributed by atoms with Gasteiger partial charge in [0.25, 0.3) is 0 Å². The van der Waals surface area contributed by atoms with Crippen LogP contribution < -0.4 is 10.6 Å². The first-order valence-corrected chi connectivity index (χ1v) is 5.98. The van der Waals surface area contributed by atoms with Crippen molar-refractivity contribution in [2.45, 2.75) is 13.8 Å². The largest absolute Gasteiger partial charge is 0.412 e. The molecule has 0 spiro atoms. The first kappa shape index (κ1) is 12.9. The van der Waals surface area contributed by atoms with E-state index >= 15 is 0 Å². The van der Waals surface area contributed by atoms with Crippen molar-refractivity contribution in [3.8, 4) is 0 Å². The second-order valence-electron chi connectivity index (χ2n) is 3.78. The molecule has 0 aliphatic carbocycles. The highest BCUT2D eigenvalue weighted by molar-refractivity contribution is 7.55. The quantitative estimate of drug-likeness (QED) is 0.711. The van der Waals surface area contributed by atoms with Gasteiger partial charge in [0.05, 0.1) is 0 Å². The lowest BCUT2D eigenvalue weighted by molar-refractivity contribution is 0.824. The molecular formula is C14H16OP. The van der Waals surface area contributed by atoms with Crippen LogP contribution in [0.15, 0.2) is 48.5 Å². The van der Waals surface area contributed by atoms with Crippen molar-refractivity contribution in [2.24, 2.45) is 0 Å². The zero-order valence-electron chi connectivity index (χ0n) is 9.57. The Bertz CT molecular complexity index is 388. The van der Waals surface area contributed by atoms with Crippen molar-refractivity contribution in [1.29, 1.82) is 0 Å². The van der Waals surface area contributed by atoms with Gasteiger partial charge >= 0.3 is 0 Å². The Kier molecular flexibility index (Phi) is 4.67. The summed E-state index contributed by atoms with van der Waals surface area (Å²) in [6, 6.07) is 17.4. The molecule has 0 amide bonds. The molecule has 2 N–H and O–H groups in total. The molecule has 2 aromatic carbocycles. The van der Waals surface area contributed by atoms with Crippen molar-refractivity contribution < 1.29 is 5.48 Å². The number of aryl methyl sites for hydroxylation is 2. The SMILES string of the molecule is Cc1ccc([P]c2ccc(C)cc2)cc1.O. The minimum atomic E-state index is 0. The van der Waals surface area contributed by atoms with Gasteiger partial charge in [-0.05, 0) is 33.0 Å². The van der Waals surface area contributed by atoms with E-state index in [1.165, 1.54) is 30.3 Å². The van der Waals surface area contributed by atoms with E-state index in [1.807, 2.05) is 0 Å². The molecule has 83 valence electrons. The molecule has 1 radical (unpaired) electrons. The lowest BCUT2D eigenvalue weighted by Crippen LogP contribution is -2.02. The fraction of sp³-hybridized carbons (Fsp3) is 0.143. The van der Waals surface area contributed by atoms with E-state index in [1.54, 1.807) is 0 Å². The molecule has 0 heterocycles. The van der Waals surface area contributed by atoms with Crippen LogP contribution in [-0.4, -0.2) is 5.48 Å². The van der Waals surface area contributed by atoms with Gasteiger partial charge in [-0.1, -0.05) is 59.7 Å². The topological polar surface area (TPSA) is 31.5 Å². The lowest BCUT2D eigenvalue weighted by Gasteiger charge is -2.02. The van der Waals surface area contributed by atoms with Crippen LogP contribution in [0.4, 0.5) is 0 Å². The summed E-state index contributed by atoms with van der Waals surface area (Å²) in [5, 5.41) is 2.70. The Morgan fingerprint density at radius 3 is 1.25 bits per heavy atom. The van der Waals surface area contributed by atoms with Gasteiger partial charge in [-0.25, -0.2) is 0 Å². The van der Waals surface area contributed by atoms with Gasteiger partial charge < -0.3 is 5.48 Å².